The molecular weight excluding hydrogens is 751 g/mol. The van der Waals surface area contributed by atoms with Gasteiger partial charge in [-0.1, -0.05) is 96.5 Å². The van der Waals surface area contributed by atoms with Crippen LogP contribution in [0.5, 0.6) is 0 Å². The summed E-state index contributed by atoms with van der Waals surface area (Å²) < 4.78 is 8.63. The van der Waals surface area contributed by atoms with Gasteiger partial charge in [-0.2, -0.15) is 0 Å². The fourth-order valence-electron chi connectivity index (χ4n) is 8.61. The number of nitrogens with one attached hydrogen (secondary N) is 3. The van der Waals surface area contributed by atoms with Gasteiger partial charge in [0.1, 0.15) is 11.3 Å². The largest absolute Gasteiger partial charge is 0.382 e. The van der Waals surface area contributed by atoms with Crippen molar-refractivity contribution in [1.82, 2.24) is 30.5 Å². The second kappa shape index (κ2) is 21.2. The molecular formula is C49H71N7O4. The summed E-state index contributed by atoms with van der Waals surface area (Å²) in [5.74, 6) is 1.70. The van der Waals surface area contributed by atoms with Gasteiger partial charge in [-0.3, -0.25) is 14.4 Å². The SMILES string of the molecule is CCCCc1nc2c(N)nc3ccccc3c2n1CCCCNC(=O)C(C)(C)CCOC(C)(CC)CC(=O)NCCCCC1NC2=C/C=C\C=C/C=C\2C(CC)(CC)C1=O. The number of pyridine rings is 1. The summed E-state index contributed by atoms with van der Waals surface area (Å²) in [5, 5.41) is 10.8. The third kappa shape index (κ3) is 10.9. The number of nitrogens with two attached hydrogens (primary N) is 1. The van der Waals surface area contributed by atoms with Crippen molar-refractivity contribution < 1.29 is 19.1 Å². The smallest absolute Gasteiger partial charge is 0.225 e. The number of carbonyl (C=O) groups excluding carboxylic acids is 3. The van der Waals surface area contributed by atoms with Crippen LogP contribution in [-0.4, -0.2) is 63.5 Å². The molecule has 0 spiro atoms. The van der Waals surface area contributed by atoms with E-state index in [0.29, 0.717) is 44.8 Å². The van der Waals surface area contributed by atoms with Gasteiger partial charge in [0.15, 0.2) is 11.6 Å². The number of hydrogen-bond donors (Lipinski definition) is 4. The highest BCUT2D eigenvalue weighted by Crippen LogP contribution is 2.44. The lowest BCUT2D eigenvalue weighted by molar-refractivity contribution is -0.134. The van der Waals surface area contributed by atoms with Crippen LogP contribution in [0.2, 0.25) is 0 Å². The highest BCUT2D eigenvalue weighted by molar-refractivity contribution is 6.06. The third-order valence-corrected chi connectivity index (χ3v) is 12.8. The van der Waals surface area contributed by atoms with Crippen LogP contribution in [0.15, 0.2) is 72.0 Å². The van der Waals surface area contributed by atoms with Crippen molar-refractivity contribution in [2.45, 2.75) is 150 Å². The average molecular weight is 822 g/mol. The summed E-state index contributed by atoms with van der Waals surface area (Å²) in [6, 6.07) is 7.83. The zero-order valence-corrected chi connectivity index (χ0v) is 37.4. The van der Waals surface area contributed by atoms with E-state index in [9.17, 15) is 14.4 Å². The number of Topliss-reactive ketones (excluding diaryl/α,β-unsaturated/α-hetero) is 1. The van der Waals surface area contributed by atoms with Gasteiger partial charge in [0, 0.05) is 49.2 Å². The fraction of sp³-hybridized carbons (Fsp3) is 0.571. The molecule has 1 aromatic carbocycles. The van der Waals surface area contributed by atoms with Crippen molar-refractivity contribution in [3.8, 4) is 0 Å². The number of piperidine rings is 1. The zero-order valence-electron chi connectivity index (χ0n) is 37.4. The summed E-state index contributed by atoms with van der Waals surface area (Å²) in [5.41, 5.74) is 9.40. The van der Waals surface area contributed by atoms with Crippen molar-refractivity contribution in [3.05, 3.63) is 77.8 Å². The molecule has 11 nitrogen and oxygen atoms in total. The van der Waals surface area contributed by atoms with Crippen LogP contribution in [0.25, 0.3) is 21.9 Å². The second-order valence-corrected chi connectivity index (χ2v) is 17.5. The summed E-state index contributed by atoms with van der Waals surface area (Å²) in [4.78, 5) is 49.8. The molecule has 0 bridgehead atoms. The molecule has 1 saturated heterocycles. The summed E-state index contributed by atoms with van der Waals surface area (Å²) in [7, 11) is 0. The summed E-state index contributed by atoms with van der Waals surface area (Å²) >= 11 is 0. The molecule has 326 valence electrons. The number of imidazole rings is 1. The van der Waals surface area contributed by atoms with E-state index in [1.807, 2.05) is 70.2 Å². The standard InChI is InChI=1S/C49H71N7O4/c1-8-12-28-40-55-42-43(35-23-17-18-25-37(35)54-45(42)50)56(40)32-22-21-31-52-46(59)47(5,6)29-33-60-48(7,9-2)34-41(57)51-30-20-19-27-39-44(58)49(10-3,11-4)36-24-15-13-14-16-26-38(36)53-39/h13-18,23-26,39,53H,8-12,19-22,27-34H2,1-7H3,(H2,50,54)(H,51,57)(H,52,59)/b14-13?,15-13-,16-14-,24-15?,26-16?,36-24+,38-26+. The molecule has 5 rings (SSSR count). The summed E-state index contributed by atoms with van der Waals surface area (Å²) in [6.45, 7) is 16.6. The topological polar surface area (TPSA) is 153 Å². The zero-order chi connectivity index (χ0) is 43.3. The number of anilines is 1. The number of aryl methyl sites for hydroxylation is 2. The third-order valence-electron chi connectivity index (χ3n) is 12.8. The Morgan fingerprint density at radius 3 is 2.37 bits per heavy atom. The van der Waals surface area contributed by atoms with Crippen molar-refractivity contribution in [1.29, 1.82) is 0 Å². The van der Waals surface area contributed by atoms with Gasteiger partial charge < -0.3 is 31.0 Å². The lowest BCUT2D eigenvalue weighted by atomic mass is 9.65. The number of unbranched alkanes of at least 4 members (excludes halogenated alkanes) is 3. The van der Waals surface area contributed by atoms with Gasteiger partial charge in [-0.15, -0.1) is 0 Å². The quantitative estimate of drug-likeness (QED) is 0.0692. The van der Waals surface area contributed by atoms with E-state index in [0.717, 1.165) is 103 Å². The highest BCUT2D eigenvalue weighted by atomic mass is 16.5. The van der Waals surface area contributed by atoms with E-state index in [1.165, 1.54) is 0 Å². The predicted octanol–water partition coefficient (Wildman–Crippen LogP) is 8.97. The molecule has 2 amide bonds. The normalized spacial score (nSPS) is 20.1. The van der Waals surface area contributed by atoms with Gasteiger partial charge in [-0.25, -0.2) is 9.97 Å². The Bertz CT molecular complexity index is 2090. The molecule has 3 aromatic rings. The van der Waals surface area contributed by atoms with Crippen LogP contribution in [0.1, 0.15) is 131 Å². The van der Waals surface area contributed by atoms with Crippen molar-refractivity contribution in [3.63, 3.8) is 0 Å². The van der Waals surface area contributed by atoms with Crippen LogP contribution in [0.3, 0.4) is 0 Å². The number of para-hydroxylation sites is 1. The lowest BCUT2D eigenvalue weighted by Gasteiger charge is -2.43. The van der Waals surface area contributed by atoms with Crippen LogP contribution >= 0.6 is 0 Å². The average Bonchev–Trinajstić information content (AvgIpc) is 3.59. The molecule has 5 N–H and O–H groups in total. The Morgan fingerprint density at radius 2 is 1.63 bits per heavy atom. The maximum Gasteiger partial charge on any atom is 0.225 e. The van der Waals surface area contributed by atoms with Gasteiger partial charge in [0.05, 0.1) is 34.5 Å². The first-order valence-corrected chi connectivity index (χ1v) is 22.6. The Hall–Kier alpha value is -4.77. The van der Waals surface area contributed by atoms with E-state index in [1.54, 1.807) is 0 Å². The number of nitrogen functional groups attached to an aromatic ring is 1. The van der Waals surface area contributed by atoms with Crippen LogP contribution in [0.4, 0.5) is 5.82 Å². The summed E-state index contributed by atoms with van der Waals surface area (Å²) in [6.07, 6.45) is 22.2. The van der Waals surface area contributed by atoms with Crippen LogP contribution in [-0.2, 0) is 32.1 Å². The second-order valence-electron chi connectivity index (χ2n) is 17.5. The number of nitrogens with zero attached hydrogens (tertiary/aromatic N) is 3. The number of amides is 2. The number of aromatic nitrogens is 3. The van der Waals surface area contributed by atoms with E-state index >= 15 is 0 Å². The molecule has 2 unspecified atom stereocenters. The van der Waals surface area contributed by atoms with Crippen molar-refractivity contribution in [2.75, 3.05) is 25.4 Å². The molecule has 0 saturated carbocycles. The number of allylic oxidation sites excluding steroid dienone is 7. The molecule has 1 aliphatic heterocycles. The number of benzene rings is 1. The molecule has 0 radical (unpaired) electrons. The minimum atomic E-state index is -0.640. The van der Waals surface area contributed by atoms with Crippen LogP contribution in [0, 0.1) is 10.8 Å². The van der Waals surface area contributed by atoms with Gasteiger partial charge in [-0.05, 0) is 88.8 Å². The molecule has 3 heterocycles. The maximum absolute atomic E-state index is 13.8. The first-order valence-electron chi connectivity index (χ1n) is 22.6. The Balaban J connectivity index is 1.02. The molecule has 2 aromatic heterocycles. The minimum Gasteiger partial charge on any atom is -0.382 e. The number of fused-ring (bicyclic) bond motifs is 4. The molecule has 1 fully saturated rings. The maximum atomic E-state index is 13.8. The van der Waals surface area contributed by atoms with E-state index in [-0.39, 0.29) is 30.1 Å². The minimum absolute atomic E-state index is 0.00359. The number of carbonyl (C=O) groups is 3. The van der Waals surface area contributed by atoms with E-state index in [2.05, 4.69) is 64.5 Å². The Kier molecular flexibility index (Phi) is 16.3. The Morgan fingerprint density at radius 1 is 0.917 bits per heavy atom. The molecule has 2 atom stereocenters. The molecule has 11 heteroatoms. The van der Waals surface area contributed by atoms with Gasteiger partial charge in [0.2, 0.25) is 11.8 Å². The van der Waals surface area contributed by atoms with Crippen molar-refractivity contribution in [2.24, 2.45) is 10.8 Å². The van der Waals surface area contributed by atoms with E-state index in [4.69, 9.17) is 15.5 Å². The van der Waals surface area contributed by atoms with Crippen molar-refractivity contribution >= 4 is 45.4 Å². The fourth-order valence-corrected chi connectivity index (χ4v) is 8.61. The molecule has 2 aliphatic rings. The lowest BCUT2D eigenvalue weighted by Crippen LogP contribution is -2.53. The number of hydrogen-bond acceptors (Lipinski definition) is 8. The first-order chi connectivity index (χ1) is 28.8. The highest BCUT2D eigenvalue weighted by Gasteiger charge is 2.47. The van der Waals surface area contributed by atoms with E-state index < -0.39 is 16.4 Å². The first kappa shape index (κ1) is 46.3. The molecule has 60 heavy (non-hydrogen) atoms. The molecule has 1 aliphatic carbocycles. The predicted molar refractivity (Wildman–Crippen MR) is 244 cm³/mol. The van der Waals surface area contributed by atoms with Gasteiger partial charge >= 0.3 is 0 Å². The number of ether oxygens (including phenoxy) is 1. The number of rotatable bonds is 23. The van der Waals surface area contributed by atoms with Gasteiger partial charge in [0.25, 0.3) is 0 Å². The van der Waals surface area contributed by atoms with Crippen LogP contribution < -0.4 is 21.7 Å². The Labute approximate surface area is 358 Å². The monoisotopic (exact) mass is 822 g/mol. The number of ketones is 1.